The lowest BCUT2D eigenvalue weighted by molar-refractivity contribution is 0.000645. The van der Waals surface area contributed by atoms with Gasteiger partial charge in [0.25, 0.3) is 6.71 Å². The van der Waals surface area contributed by atoms with Gasteiger partial charge < -0.3 is 14.7 Å². The molecule has 3 aliphatic heterocycles. The third kappa shape index (κ3) is 4.12. The Morgan fingerprint density at radius 3 is 1.62 bits per heavy atom. The number of benzene rings is 6. The van der Waals surface area contributed by atoms with Crippen LogP contribution in [0.2, 0.25) is 13.1 Å². The van der Waals surface area contributed by atoms with E-state index in [1.165, 1.54) is 89.5 Å². The Hall–Kier alpha value is -5.00. The van der Waals surface area contributed by atoms with Crippen LogP contribution in [0, 0.1) is 17.8 Å². The first-order valence-corrected chi connectivity index (χ1v) is 23.0. The van der Waals surface area contributed by atoms with Crippen molar-refractivity contribution in [3.63, 3.8) is 0 Å². The fraction of sp³-hybridized carbons (Fsp3) is 0.250. The second kappa shape index (κ2) is 10.8. The Labute approximate surface area is 315 Å². The molecule has 4 saturated carbocycles. The normalized spacial score (nSPS) is 24.6. The van der Waals surface area contributed by atoms with Crippen LogP contribution in [0.25, 0.3) is 0 Å². The van der Waals surface area contributed by atoms with E-state index < -0.39 is 8.07 Å². The van der Waals surface area contributed by atoms with Crippen molar-refractivity contribution < 1.29 is 0 Å². The third-order valence-corrected chi connectivity index (χ3v) is 17.8. The molecule has 4 bridgehead atoms. The molecule has 4 aliphatic carbocycles. The van der Waals surface area contributed by atoms with Crippen molar-refractivity contribution in [2.24, 2.45) is 17.8 Å². The second-order valence-electron chi connectivity index (χ2n) is 17.6. The maximum atomic E-state index is 3.00. The number of rotatable bonds is 5. The topological polar surface area (TPSA) is 9.72 Å². The molecule has 3 heterocycles. The van der Waals surface area contributed by atoms with Crippen LogP contribution >= 0.6 is 0 Å². The van der Waals surface area contributed by atoms with E-state index >= 15 is 0 Å². The minimum atomic E-state index is -2.04. The standard InChI is InChI=1S/C48H44BN3Si/c1-53(2)43-22-12-20-39-46(43)49-45-41(51(39)37-18-10-5-11-19-37)27-38(50(35-14-6-3-7-15-35)36-16-8-4-9-17-36)28-42(45)52(40-21-13-23-44(53)47(40)49)48-29-32-24-33(30-48)26-34(25-32)31-48/h3-23,27-28,32-34H,24-26,29-31H2,1-2H3. The lowest BCUT2D eigenvalue weighted by Crippen LogP contribution is -2.80. The highest BCUT2D eigenvalue weighted by molar-refractivity contribution is 7.16. The smallest absolute Gasteiger partial charge is 0.251 e. The van der Waals surface area contributed by atoms with E-state index in [0.717, 1.165) is 17.8 Å². The van der Waals surface area contributed by atoms with Gasteiger partial charge in [-0.15, -0.1) is 0 Å². The SMILES string of the molecule is C[Si]1(C)c2cccc3c2B2c4c(cc(N(c5ccccc5)c5ccccc5)cc4N(C45CC6CC(CC(C6)C4)C5)c4cccc1c42)N3c1ccccc1. The van der Waals surface area contributed by atoms with Crippen molar-refractivity contribution in [2.75, 3.05) is 14.7 Å². The van der Waals surface area contributed by atoms with E-state index in [1.807, 2.05) is 0 Å². The minimum absolute atomic E-state index is 0.145. The highest BCUT2D eigenvalue weighted by Gasteiger charge is 2.58. The van der Waals surface area contributed by atoms with Crippen LogP contribution in [0.15, 0.2) is 140 Å². The van der Waals surface area contributed by atoms with Crippen molar-refractivity contribution in [1.82, 2.24) is 0 Å². The van der Waals surface area contributed by atoms with Gasteiger partial charge >= 0.3 is 0 Å². The molecule has 3 nitrogen and oxygen atoms in total. The largest absolute Gasteiger partial charge is 0.336 e. The van der Waals surface area contributed by atoms with Crippen LogP contribution in [-0.4, -0.2) is 20.3 Å². The molecule has 5 heteroatoms. The Morgan fingerprint density at radius 2 is 1.04 bits per heavy atom. The van der Waals surface area contributed by atoms with Crippen LogP contribution in [-0.2, 0) is 0 Å². The van der Waals surface area contributed by atoms with Gasteiger partial charge in [-0.2, -0.15) is 0 Å². The summed E-state index contributed by atoms with van der Waals surface area (Å²) in [5.41, 5.74) is 15.3. The average Bonchev–Trinajstić information content (AvgIpc) is 3.17. The number of hydrogen-bond acceptors (Lipinski definition) is 3. The molecule has 0 aromatic heterocycles. The monoisotopic (exact) mass is 701 g/mol. The fourth-order valence-electron chi connectivity index (χ4n) is 12.7. The molecule has 0 atom stereocenters. The second-order valence-corrected chi connectivity index (χ2v) is 21.9. The molecule has 6 aromatic rings. The van der Waals surface area contributed by atoms with Crippen LogP contribution < -0.4 is 41.5 Å². The first-order valence-electron chi connectivity index (χ1n) is 20.0. The summed E-state index contributed by atoms with van der Waals surface area (Å²) in [5, 5.41) is 3.24. The zero-order valence-electron chi connectivity index (χ0n) is 30.7. The molecule has 6 aromatic carbocycles. The van der Waals surface area contributed by atoms with Gasteiger partial charge in [0.05, 0.1) is 5.69 Å². The van der Waals surface area contributed by atoms with Gasteiger partial charge in [0, 0.05) is 45.4 Å². The molecule has 13 rings (SSSR count). The van der Waals surface area contributed by atoms with Gasteiger partial charge in [0.15, 0.2) is 0 Å². The van der Waals surface area contributed by atoms with Gasteiger partial charge in [-0.1, -0.05) is 102 Å². The predicted octanol–water partition coefficient (Wildman–Crippen LogP) is 9.01. The Kier molecular flexibility index (Phi) is 6.20. The Bertz CT molecular complexity index is 2370. The molecule has 53 heavy (non-hydrogen) atoms. The summed E-state index contributed by atoms with van der Waals surface area (Å²) in [5.74, 6) is 2.55. The van der Waals surface area contributed by atoms with Gasteiger partial charge in [0.1, 0.15) is 8.07 Å². The van der Waals surface area contributed by atoms with Gasteiger partial charge in [0.2, 0.25) is 0 Å². The van der Waals surface area contributed by atoms with Crippen molar-refractivity contribution in [3.05, 3.63) is 140 Å². The minimum Gasteiger partial charge on any atom is -0.336 e. The lowest BCUT2D eigenvalue weighted by Gasteiger charge is -2.63. The predicted molar refractivity (Wildman–Crippen MR) is 227 cm³/mol. The van der Waals surface area contributed by atoms with Gasteiger partial charge in [-0.05, 0) is 133 Å². The summed E-state index contributed by atoms with van der Waals surface area (Å²) in [6, 6.07) is 53.1. The molecule has 0 saturated heterocycles. The van der Waals surface area contributed by atoms with E-state index in [-0.39, 0.29) is 12.3 Å². The van der Waals surface area contributed by atoms with Gasteiger partial charge in [-0.25, -0.2) is 0 Å². The van der Waals surface area contributed by atoms with E-state index in [1.54, 1.807) is 21.3 Å². The Balaban J connectivity index is 1.22. The van der Waals surface area contributed by atoms with Crippen LogP contribution in [0.4, 0.5) is 45.5 Å². The van der Waals surface area contributed by atoms with Gasteiger partial charge in [-0.3, -0.25) is 0 Å². The fourth-order valence-corrected chi connectivity index (χ4v) is 15.9. The summed E-state index contributed by atoms with van der Waals surface area (Å²) in [7, 11) is -2.04. The molecule has 0 spiro atoms. The summed E-state index contributed by atoms with van der Waals surface area (Å²) in [4.78, 5) is 8.12. The Morgan fingerprint density at radius 1 is 0.528 bits per heavy atom. The van der Waals surface area contributed by atoms with Crippen LogP contribution in [0.1, 0.15) is 38.5 Å². The molecule has 258 valence electrons. The van der Waals surface area contributed by atoms with Crippen molar-refractivity contribution in [1.29, 1.82) is 0 Å². The van der Waals surface area contributed by atoms with Crippen molar-refractivity contribution >= 4 is 87.0 Å². The number of nitrogens with zero attached hydrogens (tertiary/aromatic N) is 3. The van der Waals surface area contributed by atoms with Crippen molar-refractivity contribution in [2.45, 2.75) is 57.2 Å². The first kappa shape index (κ1) is 30.5. The molecule has 4 fully saturated rings. The summed E-state index contributed by atoms with van der Waals surface area (Å²) in [6.07, 6.45) is 8.27. The molecule has 7 aliphatic rings. The van der Waals surface area contributed by atoms with E-state index in [4.69, 9.17) is 0 Å². The quantitative estimate of drug-likeness (QED) is 0.166. The molecule has 0 amide bonds. The van der Waals surface area contributed by atoms with Crippen molar-refractivity contribution in [3.8, 4) is 0 Å². The van der Waals surface area contributed by atoms with E-state index in [0.29, 0.717) is 0 Å². The number of hydrogen-bond donors (Lipinski definition) is 0. The summed E-state index contributed by atoms with van der Waals surface area (Å²) < 4.78 is 0. The third-order valence-electron chi connectivity index (χ3n) is 14.2. The molecular weight excluding hydrogens is 657 g/mol. The first-order chi connectivity index (χ1) is 26.0. The lowest BCUT2D eigenvalue weighted by atomic mass is 9.33. The number of anilines is 8. The molecule has 0 unspecified atom stereocenters. The van der Waals surface area contributed by atoms with E-state index in [2.05, 4.69) is 167 Å². The highest BCUT2D eigenvalue weighted by atomic mass is 28.3. The molecular formula is C48H44BN3Si. The highest BCUT2D eigenvalue weighted by Crippen LogP contribution is 2.61. The maximum Gasteiger partial charge on any atom is 0.251 e. The molecule has 0 radical (unpaired) electrons. The zero-order chi connectivity index (χ0) is 35.1. The summed E-state index contributed by atoms with van der Waals surface area (Å²) >= 11 is 0. The average molecular weight is 702 g/mol. The molecule has 0 N–H and O–H groups in total. The van der Waals surface area contributed by atoms with Crippen LogP contribution in [0.5, 0.6) is 0 Å². The maximum absolute atomic E-state index is 3.00. The number of para-hydroxylation sites is 3. The van der Waals surface area contributed by atoms with Crippen LogP contribution in [0.3, 0.4) is 0 Å². The summed E-state index contributed by atoms with van der Waals surface area (Å²) in [6.45, 7) is 5.45. The zero-order valence-corrected chi connectivity index (χ0v) is 31.7. The van der Waals surface area contributed by atoms with E-state index in [9.17, 15) is 0 Å².